The summed E-state index contributed by atoms with van der Waals surface area (Å²) in [7, 11) is 0. The van der Waals surface area contributed by atoms with Crippen molar-refractivity contribution in [2.75, 3.05) is 0 Å². The van der Waals surface area contributed by atoms with Gasteiger partial charge < -0.3 is 0 Å². The van der Waals surface area contributed by atoms with Crippen molar-refractivity contribution in [1.82, 2.24) is 9.97 Å². The zero-order valence-corrected chi connectivity index (χ0v) is 11.2. The van der Waals surface area contributed by atoms with Crippen LogP contribution in [0.5, 0.6) is 0 Å². The van der Waals surface area contributed by atoms with Crippen LogP contribution in [-0.2, 0) is 0 Å². The van der Waals surface area contributed by atoms with Gasteiger partial charge in [0.2, 0.25) is 0 Å². The molecular formula is C13H11BrN2O. The third kappa shape index (κ3) is 2.58. The Labute approximate surface area is 108 Å². The third-order valence-corrected chi connectivity index (χ3v) is 2.92. The van der Waals surface area contributed by atoms with Crippen LogP contribution in [0.1, 0.15) is 21.7 Å². The molecule has 1 aromatic heterocycles. The van der Waals surface area contributed by atoms with Gasteiger partial charge in [-0.15, -0.1) is 0 Å². The molecule has 0 unspecified atom stereocenters. The van der Waals surface area contributed by atoms with Crippen molar-refractivity contribution in [2.45, 2.75) is 13.8 Å². The van der Waals surface area contributed by atoms with Gasteiger partial charge in [-0.2, -0.15) is 0 Å². The molecule has 1 aromatic carbocycles. The maximum absolute atomic E-state index is 10.8. The monoisotopic (exact) mass is 290 g/mol. The van der Waals surface area contributed by atoms with Gasteiger partial charge in [0.1, 0.15) is 5.69 Å². The van der Waals surface area contributed by atoms with E-state index in [0.29, 0.717) is 11.5 Å². The second kappa shape index (κ2) is 4.75. The second-order valence-electron chi connectivity index (χ2n) is 3.83. The van der Waals surface area contributed by atoms with Crippen LogP contribution in [0.2, 0.25) is 0 Å². The lowest BCUT2D eigenvalue weighted by Crippen LogP contribution is -1.98. The molecule has 1 heterocycles. The summed E-state index contributed by atoms with van der Waals surface area (Å²) >= 11 is 3.41. The number of aryl methyl sites for hydroxylation is 2. The molecule has 0 spiro atoms. The average Bonchev–Trinajstić information content (AvgIpc) is 2.28. The number of hydrogen-bond acceptors (Lipinski definition) is 3. The van der Waals surface area contributed by atoms with Crippen LogP contribution in [0.15, 0.2) is 28.7 Å². The van der Waals surface area contributed by atoms with Crippen molar-refractivity contribution in [1.29, 1.82) is 0 Å². The van der Waals surface area contributed by atoms with Gasteiger partial charge in [0, 0.05) is 15.7 Å². The van der Waals surface area contributed by atoms with Crippen LogP contribution in [0.25, 0.3) is 11.4 Å². The first-order valence-electron chi connectivity index (χ1n) is 5.17. The molecule has 0 amide bonds. The lowest BCUT2D eigenvalue weighted by Gasteiger charge is -2.06. The first kappa shape index (κ1) is 11.9. The standard InChI is InChI=1S/C13H11BrN2O/c1-8-5-10(14)3-4-12(8)13-15-9(2)6-11(7-17)16-13/h3-7H,1-2H3. The molecule has 0 bridgehead atoms. The summed E-state index contributed by atoms with van der Waals surface area (Å²) in [4.78, 5) is 19.4. The van der Waals surface area contributed by atoms with E-state index in [1.165, 1.54) is 0 Å². The number of aromatic nitrogens is 2. The highest BCUT2D eigenvalue weighted by atomic mass is 79.9. The van der Waals surface area contributed by atoms with E-state index in [1.54, 1.807) is 6.07 Å². The van der Waals surface area contributed by atoms with Gasteiger partial charge in [-0.1, -0.05) is 15.9 Å². The quantitative estimate of drug-likeness (QED) is 0.797. The van der Waals surface area contributed by atoms with Crippen LogP contribution < -0.4 is 0 Å². The van der Waals surface area contributed by atoms with E-state index >= 15 is 0 Å². The van der Waals surface area contributed by atoms with E-state index in [-0.39, 0.29) is 0 Å². The number of rotatable bonds is 2. The summed E-state index contributed by atoms with van der Waals surface area (Å²) in [5.74, 6) is 0.595. The van der Waals surface area contributed by atoms with E-state index in [0.717, 1.165) is 27.6 Å². The largest absolute Gasteiger partial charge is 0.296 e. The molecule has 2 aromatic rings. The number of nitrogens with zero attached hydrogens (tertiary/aromatic N) is 2. The normalized spacial score (nSPS) is 10.3. The molecule has 3 nitrogen and oxygen atoms in total. The summed E-state index contributed by atoms with van der Waals surface area (Å²) in [5, 5.41) is 0. The molecule has 0 atom stereocenters. The van der Waals surface area contributed by atoms with E-state index < -0.39 is 0 Å². The van der Waals surface area contributed by atoms with Crippen LogP contribution in [0, 0.1) is 13.8 Å². The van der Waals surface area contributed by atoms with Gasteiger partial charge in [0.05, 0.1) is 0 Å². The first-order valence-corrected chi connectivity index (χ1v) is 5.97. The van der Waals surface area contributed by atoms with Crippen LogP contribution in [0.3, 0.4) is 0 Å². The highest BCUT2D eigenvalue weighted by Crippen LogP contribution is 2.23. The Morgan fingerprint density at radius 2 is 1.94 bits per heavy atom. The van der Waals surface area contributed by atoms with E-state index in [9.17, 15) is 4.79 Å². The number of carbonyl (C=O) groups is 1. The summed E-state index contributed by atoms with van der Waals surface area (Å²) in [5.41, 5.74) is 3.22. The maximum Gasteiger partial charge on any atom is 0.168 e. The van der Waals surface area contributed by atoms with Crippen molar-refractivity contribution in [3.63, 3.8) is 0 Å². The Kier molecular flexibility index (Phi) is 3.33. The fourth-order valence-electron chi connectivity index (χ4n) is 1.65. The predicted octanol–water partition coefficient (Wildman–Crippen LogP) is 3.34. The summed E-state index contributed by atoms with van der Waals surface area (Å²) in [6.07, 6.45) is 0.742. The van der Waals surface area contributed by atoms with Gasteiger partial charge in [0.25, 0.3) is 0 Å². The van der Waals surface area contributed by atoms with Crippen molar-refractivity contribution in [3.05, 3.63) is 45.7 Å². The van der Waals surface area contributed by atoms with Gasteiger partial charge in [0.15, 0.2) is 12.1 Å². The summed E-state index contributed by atoms with van der Waals surface area (Å²) < 4.78 is 1.02. The summed E-state index contributed by atoms with van der Waals surface area (Å²) in [6.45, 7) is 3.85. The first-order chi connectivity index (χ1) is 8.10. The molecule has 4 heteroatoms. The van der Waals surface area contributed by atoms with Gasteiger partial charge >= 0.3 is 0 Å². The molecule has 0 saturated carbocycles. The molecule has 0 saturated heterocycles. The van der Waals surface area contributed by atoms with Gasteiger partial charge in [-0.3, -0.25) is 4.79 Å². The Morgan fingerprint density at radius 3 is 2.59 bits per heavy atom. The lowest BCUT2D eigenvalue weighted by molar-refractivity contribution is 0.111. The predicted molar refractivity (Wildman–Crippen MR) is 70.0 cm³/mol. The molecule has 2 rings (SSSR count). The molecule has 0 aliphatic carbocycles. The lowest BCUT2D eigenvalue weighted by atomic mass is 10.1. The smallest absolute Gasteiger partial charge is 0.168 e. The zero-order chi connectivity index (χ0) is 12.4. The maximum atomic E-state index is 10.8. The van der Waals surface area contributed by atoms with Crippen LogP contribution in [-0.4, -0.2) is 16.3 Å². The Hall–Kier alpha value is -1.55. The van der Waals surface area contributed by atoms with Crippen LogP contribution >= 0.6 is 15.9 Å². The van der Waals surface area contributed by atoms with E-state index in [2.05, 4.69) is 25.9 Å². The molecule has 0 aliphatic heterocycles. The number of halogens is 1. The average molecular weight is 291 g/mol. The highest BCUT2D eigenvalue weighted by molar-refractivity contribution is 9.10. The second-order valence-corrected chi connectivity index (χ2v) is 4.75. The minimum atomic E-state index is 0.412. The third-order valence-electron chi connectivity index (χ3n) is 2.42. The molecule has 86 valence electrons. The van der Waals surface area contributed by atoms with E-state index in [1.807, 2.05) is 32.0 Å². The van der Waals surface area contributed by atoms with Crippen molar-refractivity contribution in [2.24, 2.45) is 0 Å². The summed E-state index contributed by atoms with van der Waals surface area (Å²) in [6, 6.07) is 7.56. The molecule has 0 fully saturated rings. The number of hydrogen-bond donors (Lipinski definition) is 0. The minimum Gasteiger partial charge on any atom is -0.296 e. The number of benzene rings is 1. The molecule has 0 N–H and O–H groups in total. The fraction of sp³-hybridized carbons (Fsp3) is 0.154. The number of carbonyl (C=O) groups excluding carboxylic acids is 1. The number of aldehydes is 1. The van der Waals surface area contributed by atoms with Crippen molar-refractivity contribution >= 4 is 22.2 Å². The molecule has 0 radical (unpaired) electrons. The van der Waals surface area contributed by atoms with Gasteiger partial charge in [-0.25, -0.2) is 9.97 Å². The highest BCUT2D eigenvalue weighted by Gasteiger charge is 2.07. The minimum absolute atomic E-state index is 0.412. The molecule has 0 aliphatic rings. The molecular weight excluding hydrogens is 280 g/mol. The van der Waals surface area contributed by atoms with Crippen molar-refractivity contribution in [3.8, 4) is 11.4 Å². The van der Waals surface area contributed by atoms with Gasteiger partial charge in [-0.05, 0) is 43.7 Å². The zero-order valence-electron chi connectivity index (χ0n) is 9.57. The Balaban J connectivity index is 2.59. The SMILES string of the molecule is Cc1cc(C=O)nc(-c2ccc(Br)cc2C)n1. The van der Waals surface area contributed by atoms with E-state index in [4.69, 9.17) is 0 Å². The topological polar surface area (TPSA) is 42.9 Å². The Morgan fingerprint density at radius 1 is 1.18 bits per heavy atom. The fourth-order valence-corrected chi connectivity index (χ4v) is 2.13. The molecule has 17 heavy (non-hydrogen) atoms. The Bertz CT molecular complexity index is 582. The van der Waals surface area contributed by atoms with Crippen molar-refractivity contribution < 1.29 is 4.79 Å². The van der Waals surface area contributed by atoms with Crippen LogP contribution in [0.4, 0.5) is 0 Å².